The van der Waals surface area contributed by atoms with Crippen molar-refractivity contribution in [3.63, 3.8) is 0 Å². The summed E-state index contributed by atoms with van der Waals surface area (Å²) in [4.78, 5) is 0. The Morgan fingerprint density at radius 1 is 0.310 bits per heavy atom. The van der Waals surface area contributed by atoms with Crippen LogP contribution in [0.25, 0.3) is 0 Å². The van der Waals surface area contributed by atoms with Crippen LogP contribution in [-0.2, 0) is 9.05 Å². The fourth-order valence-electron chi connectivity index (χ4n) is 9.61. The third-order valence-corrected chi connectivity index (χ3v) is 26.0. The Morgan fingerprint density at radius 2 is 0.583 bits per heavy atom. The Labute approximate surface area is 508 Å². The Balaban J connectivity index is 0.000000425. The molecule has 0 unspecified atom stereocenters. The smallest absolute Gasteiger partial charge is 0.409 e. The minimum absolute atomic E-state index is 0.430. The predicted octanol–water partition coefficient (Wildman–Crippen LogP) is 23.9. The number of hydrogen-bond donors (Lipinski definition) is 0. The van der Waals surface area contributed by atoms with Crippen LogP contribution in [0.15, 0.2) is 194 Å². The molecule has 0 aliphatic heterocycles. The summed E-state index contributed by atoms with van der Waals surface area (Å²) in [6.07, 6.45) is 24.4. The zero-order valence-electron chi connectivity index (χ0n) is 51.5. The fourth-order valence-corrected chi connectivity index (χ4v) is 21.3. The molecule has 12 heteroatoms. The summed E-state index contributed by atoms with van der Waals surface area (Å²) in [6.45, 7) is 9.08. The quantitative estimate of drug-likeness (QED) is 0.0275. The average Bonchev–Trinajstić information content (AvgIpc) is 0.776. The normalized spacial score (nSPS) is 11.9. The third-order valence-electron chi connectivity index (χ3n) is 14.5. The van der Waals surface area contributed by atoms with Crippen LogP contribution in [0, 0.1) is 20.8 Å². The first kappa shape index (κ1) is 67.5. The molecule has 7 aromatic rings. The van der Waals surface area contributed by atoms with Gasteiger partial charge in [0, 0.05) is 0 Å². The van der Waals surface area contributed by atoms with E-state index in [1.807, 2.05) is 176 Å². The molecule has 0 saturated heterocycles. The molecule has 0 aliphatic carbocycles. The molecule has 0 aromatic heterocycles. The van der Waals surface area contributed by atoms with E-state index in [4.69, 9.17) is 40.7 Å². The van der Waals surface area contributed by atoms with Crippen molar-refractivity contribution in [3.05, 3.63) is 211 Å². The van der Waals surface area contributed by atoms with Crippen LogP contribution in [0.3, 0.4) is 0 Å². The molecule has 0 N–H and O–H groups in total. The second-order valence-electron chi connectivity index (χ2n) is 21.6. The molecule has 9 nitrogen and oxygen atoms in total. The molecule has 0 aliphatic rings. The van der Waals surface area contributed by atoms with E-state index in [-0.39, 0.29) is 0 Å². The molecule has 84 heavy (non-hydrogen) atoms. The number of hydrogen-bond acceptors (Lipinski definition) is 9. The van der Waals surface area contributed by atoms with Crippen molar-refractivity contribution in [3.8, 4) is 40.2 Å². The van der Waals surface area contributed by atoms with Gasteiger partial charge in [-0.1, -0.05) is 54.6 Å². The summed E-state index contributed by atoms with van der Waals surface area (Å²) in [6, 6.07) is 63.1. The van der Waals surface area contributed by atoms with Crippen LogP contribution in [0.2, 0.25) is 0 Å². The van der Waals surface area contributed by atoms with Gasteiger partial charge in [-0.25, -0.2) is 0 Å². The van der Waals surface area contributed by atoms with Gasteiger partial charge in [-0.15, -0.1) is 0 Å². The van der Waals surface area contributed by atoms with Crippen molar-refractivity contribution in [2.24, 2.45) is 0 Å². The number of rotatable bonds is 41. The minimum atomic E-state index is -4.83. The van der Waals surface area contributed by atoms with Crippen molar-refractivity contribution in [2.75, 3.05) is 19.4 Å². The minimum Gasteiger partial charge on any atom is -0.409 e. The second-order valence-corrected chi connectivity index (χ2v) is 31.0. The van der Waals surface area contributed by atoms with Crippen LogP contribution in [-0.4, -0.2) is 19.4 Å². The molecule has 0 saturated carbocycles. The van der Waals surface area contributed by atoms with E-state index in [0.717, 1.165) is 74.5 Å². The van der Waals surface area contributed by atoms with Gasteiger partial charge in [0.15, 0.2) is 0 Å². The van der Waals surface area contributed by atoms with Crippen molar-refractivity contribution >= 4 is 23.2 Å². The maximum Gasteiger partial charge on any atom is 0.530 e. The van der Waals surface area contributed by atoms with Gasteiger partial charge in [-0.2, -0.15) is 0 Å². The van der Waals surface area contributed by atoms with Gasteiger partial charge in [0.1, 0.15) is 17.2 Å². The topological polar surface area (TPSA) is 83.1 Å². The first-order chi connectivity index (χ1) is 41.2. The average molecular weight is 1200 g/mol. The molecule has 0 radical (unpaired) electrons. The Morgan fingerprint density at radius 3 is 0.905 bits per heavy atom. The molecular formula is C72H98O9P3+. The van der Waals surface area contributed by atoms with Crippen LogP contribution in [0.4, 0.5) is 0 Å². The van der Waals surface area contributed by atoms with E-state index in [2.05, 4.69) is 59.7 Å². The summed E-state index contributed by atoms with van der Waals surface area (Å²) in [5, 5.41) is 0. The molecule has 0 amide bonds. The monoisotopic (exact) mass is 1200 g/mol. The Hall–Kier alpha value is -5.65. The fraction of sp³-hybridized carbons (Fsp3) is 0.417. The maximum atomic E-state index is 7.82. The van der Waals surface area contributed by atoms with Crippen LogP contribution >= 0.6 is 23.2 Å². The van der Waals surface area contributed by atoms with Crippen LogP contribution in [0.1, 0.15) is 172 Å². The van der Waals surface area contributed by atoms with Crippen LogP contribution < -0.4 is 31.7 Å². The number of para-hydroxylation sites is 7. The van der Waals surface area contributed by atoms with E-state index in [0.29, 0.717) is 59.6 Å². The number of benzene rings is 7. The van der Waals surface area contributed by atoms with Gasteiger partial charge in [-0.05, 0) is 36.4 Å². The first-order valence-electron chi connectivity index (χ1n) is 31.4. The summed E-state index contributed by atoms with van der Waals surface area (Å²) < 4.78 is 64.1. The second kappa shape index (κ2) is 38.4. The molecule has 0 bridgehead atoms. The Kier molecular flexibility index (Phi) is 30.9. The van der Waals surface area contributed by atoms with Gasteiger partial charge in [0.05, 0.1) is 0 Å². The molecule has 0 atom stereocenters. The number of aryl methyl sites for hydroxylation is 3. The summed E-state index contributed by atoms with van der Waals surface area (Å²) in [5.74, 6) is 4.76. The maximum absolute atomic E-state index is 7.82. The molecule has 0 spiro atoms. The molecule has 7 rings (SSSR count). The summed E-state index contributed by atoms with van der Waals surface area (Å²) in [5.41, 5.74) is 2.89. The van der Waals surface area contributed by atoms with Gasteiger partial charge in [0.2, 0.25) is 0 Å². The molecular weight excluding hydrogens is 1100 g/mol. The predicted molar refractivity (Wildman–Crippen MR) is 355 cm³/mol. The van der Waals surface area contributed by atoms with Crippen molar-refractivity contribution in [1.29, 1.82) is 0 Å². The molecule has 454 valence electrons. The summed E-state index contributed by atoms with van der Waals surface area (Å²) >= 11 is 0. The molecule has 0 fully saturated rings. The van der Waals surface area contributed by atoms with Gasteiger partial charge in [0.25, 0.3) is 0 Å². The number of unbranched alkanes of at least 4 members (excludes halogenated alkanes) is 18. The van der Waals surface area contributed by atoms with E-state index in [9.17, 15) is 0 Å². The third kappa shape index (κ3) is 22.3. The van der Waals surface area contributed by atoms with E-state index in [1.165, 1.54) is 77.0 Å². The Bertz CT molecular complexity index is 2570. The zero-order valence-corrected chi connectivity index (χ0v) is 54.1. The van der Waals surface area contributed by atoms with E-state index < -0.39 is 23.2 Å². The summed E-state index contributed by atoms with van der Waals surface area (Å²) in [7, 11) is -5.61. The first-order valence-corrected chi connectivity index (χ1v) is 36.9. The molecule has 0 heterocycles. The SMILES string of the molecule is CCCCCCCCCOP(CCCCCCCCC)(OCCCCCCCCC)(Oc1ccccc1)[P+](Oc1ccccc1C)(Oc1ccccc1C)Oc1ccccc1C.c1ccc(OP(Oc2ccccc2)Oc2ccccc2)cc1. The molecule has 7 aromatic carbocycles. The zero-order chi connectivity index (χ0) is 59.3. The standard InChI is InChI=1S/C54H83O6P2.C18H15O3P/c1-7-10-13-16-19-22-34-45-55-62(60-51-40-26-25-27-41-51,47-36-24-21-18-15-12-9-3,56-46-35-23-20-17-14-11-8-2)61(57-52-42-31-28-37-48(52)4,58-53-43-32-29-38-49(53)5)59-54-44-33-30-39-50(54)6;1-4-10-16(11-5-1)19-22(20-17-12-6-2-7-13-17)21-18-14-8-3-9-15-18/h25-33,37-44H,7-24,34-36,45-47H2,1-6H3;1-15H/q+1;. The van der Waals surface area contributed by atoms with Gasteiger partial charge in [-0.3, -0.25) is 0 Å². The van der Waals surface area contributed by atoms with E-state index in [1.54, 1.807) is 0 Å². The van der Waals surface area contributed by atoms with Gasteiger partial charge < -0.3 is 13.6 Å². The van der Waals surface area contributed by atoms with Crippen molar-refractivity contribution in [1.82, 2.24) is 0 Å². The largest absolute Gasteiger partial charge is 0.530 e. The van der Waals surface area contributed by atoms with Crippen molar-refractivity contribution < 1.29 is 40.7 Å². The van der Waals surface area contributed by atoms with Crippen molar-refractivity contribution in [2.45, 2.75) is 176 Å². The van der Waals surface area contributed by atoms with Crippen LogP contribution in [0.5, 0.6) is 40.2 Å². The van der Waals surface area contributed by atoms with E-state index >= 15 is 0 Å². The van der Waals surface area contributed by atoms with Gasteiger partial charge >= 0.3 is 389 Å².